The van der Waals surface area contributed by atoms with Crippen molar-refractivity contribution in [3.63, 3.8) is 0 Å². The fourth-order valence-corrected chi connectivity index (χ4v) is 2.99. The monoisotopic (exact) mass is 307 g/mol. The highest BCUT2D eigenvalue weighted by atomic mass is 16.5. The van der Waals surface area contributed by atoms with Crippen LogP contribution in [0.25, 0.3) is 10.9 Å². The van der Waals surface area contributed by atoms with Gasteiger partial charge in [0.05, 0.1) is 13.2 Å². The summed E-state index contributed by atoms with van der Waals surface area (Å²) >= 11 is 0. The Morgan fingerprint density at radius 1 is 1.09 bits per heavy atom. The lowest BCUT2D eigenvalue weighted by molar-refractivity contribution is -0.108. The molecule has 0 radical (unpaired) electrons. The summed E-state index contributed by atoms with van der Waals surface area (Å²) in [5.74, 6) is 0.0855. The van der Waals surface area contributed by atoms with E-state index in [0.717, 1.165) is 11.8 Å². The second-order valence-electron chi connectivity index (χ2n) is 5.81. The van der Waals surface area contributed by atoms with Gasteiger partial charge in [0.15, 0.2) is 0 Å². The lowest BCUT2D eigenvalue weighted by Gasteiger charge is -2.14. The van der Waals surface area contributed by atoms with Gasteiger partial charge in [-0.15, -0.1) is 0 Å². The van der Waals surface area contributed by atoms with Gasteiger partial charge in [-0.05, 0) is 17.2 Å². The molecular weight excluding hydrogens is 286 g/mol. The predicted octanol–water partition coefficient (Wildman–Crippen LogP) is 4.07. The number of aromatic nitrogens is 1. The first-order chi connectivity index (χ1) is 11.3. The zero-order chi connectivity index (χ0) is 16.1. The molecule has 0 saturated heterocycles. The van der Waals surface area contributed by atoms with E-state index in [2.05, 4.69) is 22.9 Å². The number of ether oxygens (including phenoxy) is 1. The molecule has 23 heavy (non-hydrogen) atoms. The normalized spacial score (nSPS) is 12.4. The van der Waals surface area contributed by atoms with E-state index in [1.807, 2.05) is 49.5 Å². The molecule has 0 aliphatic heterocycles. The second kappa shape index (κ2) is 7.25. The van der Waals surface area contributed by atoms with E-state index in [1.54, 1.807) is 0 Å². The number of nitrogens with zero attached hydrogens (tertiary/aromatic N) is 1. The van der Waals surface area contributed by atoms with Crippen molar-refractivity contribution in [2.75, 3.05) is 6.61 Å². The molecule has 0 aliphatic rings. The Kier molecular flexibility index (Phi) is 4.89. The summed E-state index contributed by atoms with van der Waals surface area (Å²) in [5, 5.41) is 1.20. The minimum Gasteiger partial charge on any atom is -0.376 e. The standard InChI is InChI=1S/C20H21NO2/c1-21-13-19(18-9-5-6-10-20(18)21)17(11-12-22)15-23-14-16-7-3-2-4-8-16/h2-10,12-13,17H,11,14-15H2,1H3. The van der Waals surface area contributed by atoms with Crippen LogP contribution in [0.5, 0.6) is 0 Å². The second-order valence-corrected chi connectivity index (χ2v) is 5.81. The van der Waals surface area contributed by atoms with Crippen LogP contribution >= 0.6 is 0 Å². The molecule has 3 rings (SSSR count). The molecular formula is C20H21NO2. The van der Waals surface area contributed by atoms with Gasteiger partial charge in [-0.3, -0.25) is 0 Å². The summed E-state index contributed by atoms with van der Waals surface area (Å²) in [7, 11) is 2.04. The predicted molar refractivity (Wildman–Crippen MR) is 92.4 cm³/mol. The third-order valence-corrected chi connectivity index (χ3v) is 4.18. The Bertz CT molecular complexity index is 777. The highest BCUT2D eigenvalue weighted by Crippen LogP contribution is 2.29. The van der Waals surface area contributed by atoms with Crippen molar-refractivity contribution in [3.05, 3.63) is 71.9 Å². The Hall–Kier alpha value is -2.39. The maximum Gasteiger partial charge on any atom is 0.120 e. The number of para-hydroxylation sites is 1. The molecule has 0 saturated carbocycles. The number of aryl methyl sites for hydroxylation is 1. The maximum absolute atomic E-state index is 11.1. The lowest BCUT2D eigenvalue weighted by atomic mass is 9.96. The van der Waals surface area contributed by atoms with Gasteiger partial charge in [-0.25, -0.2) is 0 Å². The molecule has 1 aromatic heterocycles. The van der Waals surface area contributed by atoms with Crippen LogP contribution in [0.2, 0.25) is 0 Å². The van der Waals surface area contributed by atoms with Crippen molar-refractivity contribution in [2.45, 2.75) is 18.9 Å². The molecule has 1 heterocycles. The quantitative estimate of drug-likeness (QED) is 0.616. The third-order valence-electron chi connectivity index (χ3n) is 4.18. The highest BCUT2D eigenvalue weighted by molar-refractivity contribution is 5.84. The largest absolute Gasteiger partial charge is 0.376 e. The Balaban J connectivity index is 1.76. The first kappa shape index (κ1) is 15.5. The van der Waals surface area contributed by atoms with E-state index in [4.69, 9.17) is 4.74 Å². The molecule has 1 atom stereocenters. The van der Waals surface area contributed by atoms with E-state index >= 15 is 0 Å². The fourth-order valence-electron chi connectivity index (χ4n) is 2.99. The van der Waals surface area contributed by atoms with Crippen LogP contribution < -0.4 is 0 Å². The number of carbonyl (C=O) groups is 1. The summed E-state index contributed by atoms with van der Waals surface area (Å²) in [6.45, 7) is 1.11. The highest BCUT2D eigenvalue weighted by Gasteiger charge is 2.17. The zero-order valence-electron chi connectivity index (χ0n) is 13.3. The number of aldehydes is 1. The first-order valence-corrected chi connectivity index (χ1v) is 7.89. The Morgan fingerprint density at radius 3 is 2.61 bits per heavy atom. The van der Waals surface area contributed by atoms with Crippen LogP contribution in [0.15, 0.2) is 60.8 Å². The lowest BCUT2D eigenvalue weighted by Crippen LogP contribution is -2.08. The van der Waals surface area contributed by atoms with E-state index in [0.29, 0.717) is 19.6 Å². The molecule has 2 aromatic carbocycles. The molecule has 0 fully saturated rings. The Labute approximate surface area is 136 Å². The van der Waals surface area contributed by atoms with E-state index in [-0.39, 0.29) is 5.92 Å². The summed E-state index contributed by atoms with van der Waals surface area (Å²) in [6, 6.07) is 18.4. The first-order valence-electron chi connectivity index (χ1n) is 7.89. The van der Waals surface area contributed by atoms with Crippen LogP contribution in [0.4, 0.5) is 0 Å². The molecule has 3 heteroatoms. The van der Waals surface area contributed by atoms with Crippen LogP contribution in [0.3, 0.4) is 0 Å². The van der Waals surface area contributed by atoms with Gasteiger partial charge in [0, 0.05) is 36.5 Å². The number of benzene rings is 2. The average molecular weight is 307 g/mol. The topological polar surface area (TPSA) is 31.2 Å². The number of hydrogen-bond donors (Lipinski definition) is 0. The Morgan fingerprint density at radius 2 is 1.83 bits per heavy atom. The van der Waals surface area contributed by atoms with Crippen LogP contribution in [-0.4, -0.2) is 17.5 Å². The summed E-state index contributed by atoms with van der Waals surface area (Å²) in [6.07, 6.45) is 3.58. The van der Waals surface area contributed by atoms with Crippen molar-refractivity contribution < 1.29 is 9.53 Å². The van der Waals surface area contributed by atoms with Crippen molar-refractivity contribution in [1.29, 1.82) is 0 Å². The number of rotatable bonds is 7. The molecule has 0 spiro atoms. The minimum absolute atomic E-state index is 0.0855. The average Bonchev–Trinajstić information content (AvgIpc) is 2.92. The molecule has 3 aromatic rings. The van der Waals surface area contributed by atoms with E-state index < -0.39 is 0 Å². The molecule has 0 amide bonds. The number of fused-ring (bicyclic) bond motifs is 1. The minimum atomic E-state index is 0.0855. The van der Waals surface area contributed by atoms with E-state index in [1.165, 1.54) is 16.5 Å². The van der Waals surface area contributed by atoms with Gasteiger partial charge >= 0.3 is 0 Å². The SMILES string of the molecule is Cn1cc(C(CC=O)COCc2ccccc2)c2ccccc21. The van der Waals surface area contributed by atoms with E-state index in [9.17, 15) is 4.79 Å². The van der Waals surface area contributed by atoms with Gasteiger partial charge < -0.3 is 14.1 Å². The zero-order valence-corrected chi connectivity index (χ0v) is 13.3. The summed E-state index contributed by atoms with van der Waals surface area (Å²) < 4.78 is 7.99. The molecule has 3 nitrogen and oxygen atoms in total. The van der Waals surface area contributed by atoms with Crippen molar-refractivity contribution in [2.24, 2.45) is 7.05 Å². The van der Waals surface area contributed by atoms with Crippen molar-refractivity contribution >= 4 is 17.2 Å². The molecule has 118 valence electrons. The van der Waals surface area contributed by atoms with Crippen LogP contribution in [0, 0.1) is 0 Å². The van der Waals surface area contributed by atoms with Crippen LogP contribution in [-0.2, 0) is 23.2 Å². The number of hydrogen-bond acceptors (Lipinski definition) is 2. The van der Waals surface area contributed by atoms with Crippen molar-refractivity contribution in [3.8, 4) is 0 Å². The van der Waals surface area contributed by atoms with Gasteiger partial charge in [-0.1, -0.05) is 48.5 Å². The van der Waals surface area contributed by atoms with Crippen LogP contribution in [0.1, 0.15) is 23.5 Å². The number of carbonyl (C=O) groups excluding carboxylic acids is 1. The molecule has 0 bridgehead atoms. The molecule has 0 N–H and O–H groups in total. The van der Waals surface area contributed by atoms with Gasteiger partial charge in [0.1, 0.15) is 6.29 Å². The van der Waals surface area contributed by atoms with Crippen molar-refractivity contribution in [1.82, 2.24) is 4.57 Å². The summed E-state index contributed by atoms with van der Waals surface area (Å²) in [4.78, 5) is 11.1. The molecule has 0 aliphatic carbocycles. The summed E-state index contributed by atoms with van der Waals surface area (Å²) in [5.41, 5.74) is 3.51. The third kappa shape index (κ3) is 3.51. The van der Waals surface area contributed by atoms with Gasteiger partial charge in [0.25, 0.3) is 0 Å². The van der Waals surface area contributed by atoms with Gasteiger partial charge in [-0.2, -0.15) is 0 Å². The molecule has 1 unspecified atom stereocenters. The maximum atomic E-state index is 11.1. The fraction of sp³-hybridized carbons (Fsp3) is 0.250. The van der Waals surface area contributed by atoms with Gasteiger partial charge in [0.2, 0.25) is 0 Å². The smallest absolute Gasteiger partial charge is 0.120 e.